The first kappa shape index (κ1) is 9.97. The summed E-state index contributed by atoms with van der Waals surface area (Å²) < 4.78 is 10.9. The fourth-order valence-corrected chi connectivity index (χ4v) is 2.62. The second-order valence-corrected chi connectivity index (χ2v) is 4.60. The molecule has 2 aromatic carbocycles. The lowest BCUT2D eigenvalue weighted by atomic mass is 10.0. The minimum atomic E-state index is 0.248. The SMILES string of the molecule is COc1ccc(C2CO2)c2c1[nH]c1ccccc12. The molecule has 3 heteroatoms. The van der Waals surface area contributed by atoms with E-state index in [1.54, 1.807) is 7.11 Å². The van der Waals surface area contributed by atoms with Gasteiger partial charge in [-0.05, 0) is 17.7 Å². The molecule has 4 rings (SSSR count). The van der Waals surface area contributed by atoms with Crippen LogP contribution in [0.2, 0.25) is 0 Å². The van der Waals surface area contributed by atoms with Crippen LogP contribution in [0.5, 0.6) is 5.75 Å². The van der Waals surface area contributed by atoms with Crippen molar-refractivity contribution in [2.45, 2.75) is 6.10 Å². The fourth-order valence-electron chi connectivity index (χ4n) is 2.62. The van der Waals surface area contributed by atoms with Gasteiger partial charge >= 0.3 is 0 Å². The van der Waals surface area contributed by atoms with E-state index in [0.29, 0.717) is 0 Å². The van der Waals surface area contributed by atoms with Crippen molar-refractivity contribution in [2.75, 3.05) is 13.7 Å². The first-order chi connectivity index (χ1) is 8.88. The van der Waals surface area contributed by atoms with Crippen molar-refractivity contribution in [2.24, 2.45) is 0 Å². The van der Waals surface area contributed by atoms with Crippen molar-refractivity contribution in [1.29, 1.82) is 0 Å². The summed E-state index contributed by atoms with van der Waals surface area (Å²) in [4.78, 5) is 3.44. The summed E-state index contributed by atoms with van der Waals surface area (Å²) in [5.74, 6) is 0.880. The summed E-state index contributed by atoms with van der Waals surface area (Å²) in [6.45, 7) is 0.820. The molecule has 1 aromatic heterocycles. The topological polar surface area (TPSA) is 37.5 Å². The molecule has 90 valence electrons. The zero-order chi connectivity index (χ0) is 12.1. The van der Waals surface area contributed by atoms with E-state index in [2.05, 4.69) is 29.2 Å². The summed E-state index contributed by atoms with van der Waals surface area (Å²) in [5, 5.41) is 2.46. The average Bonchev–Trinajstić information content (AvgIpc) is 3.17. The van der Waals surface area contributed by atoms with Crippen molar-refractivity contribution in [3.8, 4) is 5.75 Å². The van der Waals surface area contributed by atoms with Crippen LogP contribution in [-0.2, 0) is 4.74 Å². The zero-order valence-corrected chi connectivity index (χ0v) is 10.1. The molecule has 0 amide bonds. The molecule has 1 saturated heterocycles. The van der Waals surface area contributed by atoms with E-state index in [0.717, 1.165) is 23.4 Å². The van der Waals surface area contributed by atoms with Crippen molar-refractivity contribution in [3.63, 3.8) is 0 Å². The van der Waals surface area contributed by atoms with Gasteiger partial charge in [-0.3, -0.25) is 0 Å². The predicted molar refractivity (Wildman–Crippen MR) is 71.0 cm³/mol. The summed E-state index contributed by atoms with van der Waals surface area (Å²) in [6, 6.07) is 12.4. The third-order valence-corrected chi connectivity index (χ3v) is 3.56. The summed E-state index contributed by atoms with van der Waals surface area (Å²) in [5.41, 5.74) is 3.45. The zero-order valence-electron chi connectivity index (χ0n) is 10.1. The van der Waals surface area contributed by atoms with E-state index in [-0.39, 0.29) is 6.10 Å². The number of ether oxygens (including phenoxy) is 2. The van der Waals surface area contributed by atoms with Crippen LogP contribution < -0.4 is 4.74 Å². The number of aromatic amines is 1. The molecule has 0 bridgehead atoms. The molecule has 1 aliphatic rings. The van der Waals surface area contributed by atoms with Gasteiger partial charge < -0.3 is 14.5 Å². The standard InChI is InChI=1S/C15H13NO2/c1-17-12-7-6-10(13-8-18-13)14-9-4-2-3-5-11(9)16-15(12)14/h2-7,13,16H,8H2,1H3. The molecule has 0 saturated carbocycles. The molecular formula is C15H13NO2. The van der Waals surface area contributed by atoms with E-state index in [4.69, 9.17) is 9.47 Å². The highest BCUT2D eigenvalue weighted by atomic mass is 16.6. The van der Waals surface area contributed by atoms with Gasteiger partial charge in [0.2, 0.25) is 0 Å². The Morgan fingerprint density at radius 2 is 2.06 bits per heavy atom. The maximum atomic E-state index is 5.44. The molecule has 2 heterocycles. The van der Waals surface area contributed by atoms with E-state index >= 15 is 0 Å². The average molecular weight is 239 g/mol. The lowest BCUT2D eigenvalue weighted by Gasteiger charge is -2.05. The Bertz CT molecular complexity index is 741. The number of epoxide rings is 1. The Morgan fingerprint density at radius 3 is 2.83 bits per heavy atom. The van der Waals surface area contributed by atoms with E-state index in [1.807, 2.05) is 12.1 Å². The highest BCUT2D eigenvalue weighted by Crippen LogP contribution is 2.41. The Kier molecular flexibility index (Phi) is 1.94. The van der Waals surface area contributed by atoms with Crippen LogP contribution in [0.4, 0.5) is 0 Å². The van der Waals surface area contributed by atoms with Crippen molar-refractivity contribution in [3.05, 3.63) is 42.0 Å². The van der Waals surface area contributed by atoms with Gasteiger partial charge in [-0.25, -0.2) is 0 Å². The molecule has 0 radical (unpaired) electrons. The van der Waals surface area contributed by atoms with Gasteiger partial charge in [0.25, 0.3) is 0 Å². The summed E-state index contributed by atoms with van der Waals surface area (Å²) >= 11 is 0. The van der Waals surface area contributed by atoms with Gasteiger partial charge in [0, 0.05) is 16.3 Å². The monoisotopic (exact) mass is 239 g/mol. The molecule has 1 aliphatic heterocycles. The predicted octanol–water partition coefficient (Wildman–Crippen LogP) is 3.40. The maximum Gasteiger partial charge on any atom is 0.142 e. The second-order valence-electron chi connectivity index (χ2n) is 4.60. The highest BCUT2D eigenvalue weighted by molar-refractivity contribution is 6.11. The first-order valence-electron chi connectivity index (χ1n) is 6.07. The van der Waals surface area contributed by atoms with Crippen molar-refractivity contribution >= 4 is 21.8 Å². The number of hydrogen-bond acceptors (Lipinski definition) is 2. The van der Waals surface area contributed by atoms with Crippen LogP contribution in [-0.4, -0.2) is 18.7 Å². The largest absolute Gasteiger partial charge is 0.495 e. The van der Waals surface area contributed by atoms with Gasteiger partial charge in [0.15, 0.2) is 0 Å². The maximum absolute atomic E-state index is 5.44. The second kappa shape index (κ2) is 3.50. The number of H-pyrrole nitrogens is 1. The summed E-state index contributed by atoms with van der Waals surface area (Å²) in [6.07, 6.45) is 0.248. The number of nitrogens with one attached hydrogen (secondary N) is 1. The Labute approximate surface area is 104 Å². The van der Waals surface area contributed by atoms with E-state index in [1.165, 1.54) is 16.3 Å². The molecule has 1 N–H and O–H groups in total. The molecule has 0 aliphatic carbocycles. The van der Waals surface area contributed by atoms with E-state index in [9.17, 15) is 0 Å². The van der Waals surface area contributed by atoms with Gasteiger partial charge in [-0.2, -0.15) is 0 Å². The van der Waals surface area contributed by atoms with Crippen molar-refractivity contribution < 1.29 is 9.47 Å². The number of benzene rings is 2. The molecule has 3 nitrogen and oxygen atoms in total. The summed E-state index contributed by atoms with van der Waals surface area (Å²) in [7, 11) is 1.70. The minimum absolute atomic E-state index is 0.248. The number of fused-ring (bicyclic) bond motifs is 3. The smallest absolute Gasteiger partial charge is 0.142 e. The third-order valence-electron chi connectivity index (χ3n) is 3.56. The van der Waals surface area contributed by atoms with Crippen LogP contribution in [0.1, 0.15) is 11.7 Å². The normalized spacial score (nSPS) is 18.4. The number of methoxy groups -OCH3 is 1. The number of hydrogen-bond donors (Lipinski definition) is 1. The number of para-hydroxylation sites is 1. The molecule has 3 aromatic rings. The Morgan fingerprint density at radius 1 is 1.22 bits per heavy atom. The van der Waals surface area contributed by atoms with Crippen LogP contribution in [0.15, 0.2) is 36.4 Å². The van der Waals surface area contributed by atoms with Crippen molar-refractivity contribution in [1.82, 2.24) is 4.98 Å². The van der Waals surface area contributed by atoms with Gasteiger partial charge in [0.1, 0.15) is 11.9 Å². The number of rotatable bonds is 2. The molecule has 1 unspecified atom stereocenters. The van der Waals surface area contributed by atoms with Crippen LogP contribution in [0, 0.1) is 0 Å². The van der Waals surface area contributed by atoms with Gasteiger partial charge in [-0.15, -0.1) is 0 Å². The fraction of sp³-hybridized carbons (Fsp3) is 0.200. The molecule has 0 spiro atoms. The highest BCUT2D eigenvalue weighted by Gasteiger charge is 2.28. The number of aromatic nitrogens is 1. The molecule has 1 fully saturated rings. The molecular weight excluding hydrogens is 226 g/mol. The lowest BCUT2D eigenvalue weighted by molar-refractivity contribution is 0.413. The molecule has 18 heavy (non-hydrogen) atoms. The van der Waals surface area contributed by atoms with Gasteiger partial charge in [-0.1, -0.05) is 24.3 Å². The van der Waals surface area contributed by atoms with Crippen LogP contribution >= 0.6 is 0 Å². The minimum Gasteiger partial charge on any atom is -0.495 e. The van der Waals surface area contributed by atoms with E-state index < -0.39 is 0 Å². The van der Waals surface area contributed by atoms with Crippen LogP contribution in [0.3, 0.4) is 0 Å². The lowest BCUT2D eigenvalue weighted by Crippen LogP contribution is -1.88. The Hall–Kier alpha value is -2.00. The molecule has 1 atom stereocenters. The third kappa shape index (κ3) is 1.28. The van der Waals surface area contributed by atoms with Crippen LogP contribution in [0.25, 0.3) is 21.8 Å². The quantitative estimate of drug-likeness (QED) is 0.696. The first-order valence-corrected chi connectivity index (χ1v) is 6.07. The van der Waals surface area contributed by atoms with Gasteiger partial charge in [0.05, 0.1) is 19.2 Å². The Balaban J connectivity index is 2.18.